The zero-order valence-electron chi connectivity index (χ0n) is 12.5. The van der Waals surface area contributed by atoms with Crippen LogP contribution in [0.5, 0.6) is 0 Å². The van der Waals surface area contributed by atoms with E-state index in [1.807, 2.05) is 41.8 Å². The Hall–Kier alpha value is -1.56. The predicted molar refractivity (Wildman–Crippen MR) is 90.5 cm³/mol. The molecule has 0 saturated heterocycles. The Labute approximate surface area is 139 Å². The summed E-state index contributed by atoms with van der Waals surface area (Å²) in [5.74, 6) is 0. The summed E-state index contributed by atoms with van der Waals surface area (Å²) in [6.07, 6.45) is 0. The number of hydrogen-bond donors (Lipinski definition) is 2. The SMILES string of the molecule is CC(CO)N(C)C(=O)NC(c1ccc(Cl)cc1)c1cccs1. The average molecular weight is 339 g/mol. The smallest absolute Gasteiger partial charge is 0.318 e. The Bertz CT molecular complexity index is 601. The molecule has 1 aromatic heterocycles. The molecule has 1 aromatic carbocycles. The number of halogens is 1. The van der Waals surface area contributed by atoms with E-state index in [2.05, 4.69) is 5.32 Å². The van der Waals surface area contributed by atoms with Crippen molar-refractivity contribution in [3.8, 4) is 0 Å². The van der Waals surface area contributed by atoms with E-state index in [0.29, 0.717) is 5.02 Å². The van der Waals surface area contributed by atoms with Gasteiger partial charge in [0.25, 0.3) is 0 Å². The molecule has 0 aliphatic heterocycles. The molecule has 0 bridgehead atoms. The van der Waals surface area contributed by atoms with Crippen LogP contribution in [-0.4, -0.2) is 35.7 Å². The molecule has 0 aliphatic rings. The van der Waals surface area contributed by atoms with Gasteiger partial charge in [0, 0.05) is 16.9 Å². The minimum Gasteiger partial charge on any atom is -0.394 e. The summed E-state index contributed by atoms with van der Waals surface area (Å²) in [6.45, 7) is 1.72. The number of rotatable bonds is 5. The van der Waals surface area contributed by atoms with Gasteiger partial charge in [-0.25, -0.2) is 4.79 Å². The first-order chi connectivity index (χ1) is 10.5. The van der Waals surface area contributed by atoms with Crippen LogP contribution in [0.4, 0.5) is 4.79 Å². The fraction of sp³-hybridized carbons (Fsp3) is 0.312. The molecule has 22 heavy (non-hydrogen) atoms. The first-order valence-corrected chi connectivity index (χ1v) is 8.21. The standard InChI is InChI=1S/C16H19ClN2O2S/c1-11(10-20)19(2)16(21)18-15(14-4-3-9-22-14)12-5-7-13(17)8-6-12/h3-9,11,15,20H,10H2,1-2H3,(H,18,21). The Balaban J connectivity index is 2.23. The Morgan fingerprint density at radius 3 is 2.59 bits per heavy atom. The van der Waals surface area contributed by atoms with Crippen molar-refractivity contribution in [2.24, 2.45) is 0 Å². The van der Waals surface area contributed by atoms with Gasteiger partial charge in [0.05, 0.1) is 18.7 Å². The maximum absolute atomic E-state index is 12.4. The largest absolute Gasteiger partial charge is 0.394 e. The maximum Gasteiger partial charge on any atom is 0.318 e. The normalized spacial score (nSPS) is 13.5. The highest BCUT2D eigenvalue weighted by Gasteiger charge is 2.22. The molecule has 2 N–H and O–H groups in total. The molecule has 0 radical (unpaired) electrons. The number of thiophene rings is 1. The van der Waals surface area contributed by atoms with Crippen molar-refractivity contribution >= 4 is 29.0 Å². The zero-order chi connectivity index (χ0) is 16.1. The van der Waals surface area contributed by atoms with Crippen LogP contribution in [0.3, 0.4) is 0 Å². The second kappa shape index (κ2) is 7.63. The number of urea groups is 1. The lowest BCUT2D eigenvalue weighted by Crippen LogP contribution is -2.45. The zero-order valence-corrected chi connectivity index (χ0v) is 14.1. The topological polar surface area (TPSA) is 52.6 Å². The molecule has 0 aliphatic carbocycles. The molecule has 0 saturated carbocycles. The lowest BCUT2D eigenvalue weighted by atomic mass is 10.1. The summed E-state index contributed by atoms with van der Waals surface area (Å²) in [5, 5.41) is 14.8. The Morgan fingerprint density at radius 2 is 2.05 bits per heavy atom. The molecule has 1 heterocycles. The van der Waals surface area contributed by atoms with Crippen molar-refractivity contribution in [1.82, 2.24) is 10.2 Å². The van der Waals surface area contributed by atoms with Crippen LogP contribution in [0.25, 0.3) is 0 Å². The van der Waals surface area contributed by atoms with Crippen LogP contribution in [0.1, 0.15) is 23.4 Å². The lowest BCUT2D eigenvalue weighted by molar-refractivity contribution is 0.156. The fourth-order valence-corrected chi connectivity index (χ4v) is 2.91. The monoisotopic (exact) mass is 338 g/mol. The molecular weight excluding hydrogens is 320 g/mol. The summed E-state index contributed by atoms with van der Waals surface area (Å²) in [5.41, 5.74) is 0.963. The van der Waals surface area contributed by atoms with E-state index < -0.39 is 0 Å². The highest BCUT2D eigenvalue weighted by Crippen LogP contribution is 2.27. The minimum atomic E-state index is -0.241. The van der Waals surface area contributed by atoms with E-state index in [4.69, 9.17) is 11.6 Å². The summed E-state index contributed by atoms with van der Waals surface area (Å²) >= 11 is 7.52. The quantitative estimate of drug-likeness (QED) is 0.876. The first-order valence-electron chi connectivity index (χ1n) is 6.96. The van der Waals surface area contributed by atoms with Crippen molar-refractivity contribution in [1.29, 1.82) is 0 Å². The van der Waals surface area contributed by atoms with Gasteiger partial charge >= 0.3 is 6.03 Å². The van der Waals surface area contributed by atoms with Gasteiger partial charge in [-0.1, -0.05) is 29.8 Å². The van der Waals surface area contributed by atoms with Crippen LogP contribution >= 0.6 is 22.9 Å². The van der Waals surface area contributed by atoms with Crippen LogP contribution < -0.4 is 5.32 Å². The number of likely N-dealkylation sites (N-methyl/N-ethyl adjacent to an activating group) is 1. The van der Waals surface area contributed by atoms with E-state index in [9.17, 15) is 9.90 Å². The molecule has 0 fully saturated rings. The summed E-state index contributed by atoms with van der Waals surface area (Å²) in [6, 6.07) is 10.7. The molecule has 2 amide bonds. The number of aliphatic hydroxyl groups excluding tert-OH is 1. The van der Waals surface area contributed by atoms with Crippen molar-refractivity contribution in [3.63, 3.8) is 0 Å². The number of hydrogen-bond acceptors (Lipinski definition) is 3. The third-order valence-corrected chi connectivity index (χ3v) is 4.73. The summed E-state index contributed by atoms with van der Waals surface area (Å²) in [4.78, 5) is 14.9. The third kappa shape index (κ3) is 4.00. The number of nitrogens with zero attached hydrogens (tertiary/aromatic N) is 1. The molecule has 4 nitrogen and oxygen atoms in total. The average Bonchev–Trinajstić information content (AvgIpc) is 3.06. The van der Waals surface area contributed by atoms with Crippen LogP contribution in [0.2, 0.25) is 5.02 Å². The van der Waals surface area contributed by atoms with Crippen molar-refractivity contribution in [2.45, 2.75) is 19.0 Å². The molecule has 6 heteroatoms. The van der Waals surface area contributed by atoms with Gasteiger partial charge in [-0.15, -0.1) is 11.3 Å². The van der Waals surface area contributed by atoms with E-state index in [1.54, 1.807) is 25.3 Å². The van der Waals surface area contributed by atoms with Gasteiger partial charge in [0.1, 0.15) is 0 Å². The van der Waals surface area contributed by atoms with Gasteiger partial charge < -0.3 is 15.3 Å². The van der Waals surface area contributed by atoms with Crippen molar-refractivity contribution < 1.29 is 9.90 Å². The number of carbonyl (C=O) groups excluding carboxylic acids is 1. The number of benzene rings is 1. The van der Waals surface area contributed by atoms with E-state index in [-0.39, 0.29) is 24.7 Å². The number of amides is 2. The van der Waals surface area contributed by atoms with Crippen molar-refractivity contribution in [2.75, 3.05) is 13.7 Å². The molecule has 0 spiro atoms. The predicted octanol–water partition coefficient (Wildman–Crippen LogP) is 3.51. The minimum absolute atomic E-state index is 0.0749. The van der Waals surface area contributed by atoms with Crippen LogP contribution in [0, 0.1) is 0 Å². The highest BCUT2D eigenvalue weighted by molar-refractivity contribution is 7.10. The molecule has 2 unspecified atom stereocenters. The molecule has 2 aromatic rings. The molecular formula is C16H19ClN2O2S. The second-order valence-corrected chi connectivity index (χ2v) is 6.51. The van der Waals surface area contributed by atoms with Gasteiger partial charge in [-0.3, -0.25) is 0 Å². The molecule has 2 rings (SSSR count). The summed E-state index contributed by atoms with van der Waals surface area (Å²) in [7, 11) is 1.67. The van der Waals surface area contributed by atoms with Crippen molar-refractivity contribution in [3.05, 3.63) is 57.2 Å². The highest BCUT2D eigenvalue weighted by atomic mass is 35.5. The van der Waals surface area contributed by atoms with Gasteiger partial charge in [-0.2, -0.15) is 0 Å². The summed E-state index contributed by atoms with van der Waals surface area (Å²) < 4.78 is 0. The Morgan fingerprint density at radius 1 is 1.36 bits per heavy atom. The van der Waals surface area contributed by atoms with E-state index in [0.717, 1.165) is 10.4 Å². The van der Waals surface area contributed by atoms with Crippen LogP contribution in [0.15, 0.2) is 41.8 Å². The van der Waals surface area contributed by atoms with Gasteiger partial charge in [0.15, 0.2) is 0 Å². The molecule has 118 valence electrons. The third-order valence-electron chi connectivity index (χ3n) is 3.54. The lowest BCUT2D eigenvalue weighted by Gasteiger charge is -2.27. The Kier molecular flexibility index (Phi) is 5.83. The number of carbonyl (C=O) groups is 1. The maximum atomic E-state index is 12.4. The van der Waals surface area contributed by atoms with Crippen LogP contribution in [-0.2, 0) is 0 Å². The van der Waals surface area contributed by atoms with Gasteiger partial charge in [0.2, 0.25) is 0 Å². The van der Waals surface area contributed by atoms with E-state index in [1.165, 1.54) is 4.90 Å². The van der Waals surface area contributed by atoms with E-state index >= 15 is 0 Å². The number of nitrogens with one attached hydrogen (secondary N) is 1. The number of aliphatic hydroxyl groups is 1. The first kappa shape index (κ1) is 16.8. The molecule has 2 atom stereocenters. The van der Waals surface area contributed by atoms with Gasteiger partial charge in [-0.05, 0) is 36.1 Å². The fourth-order valence-electron chi connectivity index (χ4n) is 1.98. The second-order valence-electron chi connectivity index (χ2n) is 5.09.